The zero-order valence-corrected chi connectivity index (χ0v) is 16.5. The molecule has 1 aromatic rings. The Labute approximate surface area is 156 Å². The molecular formula is C20H31NO5. The van der Waals surface area contributed by atoms with Gasteiger partial charge in [0.05, 0.1) is 39.0 Å². The summed E-state index contributed by atoms with van der Waals surface area (Å²) in [5.74, 6) is 0. The Hall–Kier alpha value is -1.63. The van der Waals surface area contributed by atoms with E-state index in [2.05, 4.69) is 0 Å². The van der Waals surface area contributed by atoms with Gasteiger partial charge < -0.3 is 23.8 Å². The molecule has 6 heteroatoms. The maximum Gasteiger partial charge on any atom is 0.410 e. The molecule has 1 aliphatic rings. The van der Waals surface area contributed by atoms with Crippen molar-refractivity contribution in [1.82, 2.24) is 4.90 Å². The lowest BCUT2D eigenvalue weighted by molar-refractivity contribution is -0.0833. The Morgan fingerprint density at radius 2 is 2.00 bits per heavy atom. The highest BCUT2D eigenvalue weighted by molar-refractivity contribution is 5.68. The molecule has 2 rings (SSSR count). The number of amides is 1. The van der Waals surface area contributed by atoms with Crippen LogP contribution in [0.1, 0.15) is 33.3 Å². The molecule has 1 saturated heterocycles. The Kier molecular flexibility index (Phi) is 7.03. The summed E-state index contributed by atoms with van der Waals surface area (Å²) in [5, 5.41) is 0. The molecule has 6 nitrogen and oxygen atoms in total. The van der Waals surface area contributed by atoms with Crippen LogP contribution in [0.15, 0.2) is 30.3 Å². The van der Waals surface area contributed by atoms with Gasteiger partial charge in [-0.05, 0) is 33.3 Å². The lowest BCUT2D eigenvalue weighted by Crippen LogP contribution is -2.47. The van der Waals surface area contributed by atoms with Gasteiger partial charge in [0.15, 0.2) is 0 Å². The number of methoxy groups -OCH3 is 1. The fraction of sp³-hybridized carbons (Fsp3) is 0.650. The summed E-state index contributed by atoms with van der Waals surface area (Å²) in [4.78, 5) is 14.2. The molecule has 26 heavy (non-hydrogen) atoms. The predicted octanol–water partition coefficient (Wildman–Crippen LogP) is 3.24. The van der Waals surface area contributed by atoms with E-state index in [1.807, 2.05) is 58.0 Å². The fourth-order valence-corrected chi connectivity index (χ4v) is 2.68. The number of hydrogen-bond acceptors (Lipinski definition) is 5. The SMILES string of the molecule is CO[C@@]1(C)CO[C@H](COCc2ccccc2)CN(C(=O)OC(C)(C)C)C1. The summed E-state index contributed by atoms with van der Waals surface area (Å²) < 4.78 is 22.9. The molecule has 0 N–H and O–H groups in total. The van der Waals surface area contributed by atoms with E-state index in [4.69, 9.17) is 18.9 Å². The van der Waals surface area contributed by atoms with Crippen LogP contribution in [-0.2, 0) is 25.6 Å². The Bertz CT molecular complexity index is 571. The van der Waals surface area contributed by atoms with Gasteiger partial charge in [-0.25, -0.2) is 4.79 Å². The van der Waals surface area contributed by atoms with Crippen LogP contribution in [0.4, 0.5) is 4.79 Å². The van der Waals surface area contributed by atoms with Crippen LogP contribution in [0.25, 0.3) is 0 Å². The number of carbonyl (C=O) groups excluding carboxylic acids is 1. The van der Waals surface area contributed by atoms with Gasteiger partial charge in [0.2, 0.25) is 0 Å². The Balaban J connectivity index is 1.97. The van der Waals surface area contributed by atoms with E-state index in [9.17, 15) is 4.79 Å². The summed E-state index contributed by atoms with van der Waals surface area (Å²) in [6.45, 7) is 9.61. The number of rotatable bonds is 5. The van der Waals surface area contributed by atoms with Crippen LogP contribution >= 0.6 is 0 Å². The zero-order chi connectivity index (χ0) is 19.2. The summed E-state index contributed by atoms with van der Waals surface area (Å²) in [5.41, 5.74) is -0.0233. The molecule has 0 aliphatic carbocycles. The van der Waals surface area contributed by atoms with Gasteiger partial charge in [0.25, 0.3) is 0 Å². The first-order chi connectivity index (χ1) is 12.2. The summed E-state index contributed by atoms with van der Waals surface area (Å²) in [6.07, 6.45) is -0.595. The van der Waals surface area contributed by atoms with E-state index in [1.54, 1.807) is 12.0 Å². The second-order valence-corrected chi connectivity index (χ2v) is 7.95. The van der Waals surface area contributed by atoms with E-state index < -0.39 is 11.2 Å². The molecule has 1 aromatic carbocycles. The average molecular weight is 365 g/mol. The third kappa shape index (κ3) is 6.59. The normalized spacial score (nSPS) is 24.2. The highest BCUT2D eigenvalue weighted by atomic mass is 16.6. The quantitative estimate of drug-likeness (QED) is 0.802. The largest absolute Gasteiger partial charge is 0.444 e. The molecule has 146 valence electrons. The Morgan fingerprint density at radius 1 is 1.31 bits per heavy atom. The molecule has 1 heterocycles. The van der Waals surface area contributed by atoms with Crippen LogP contribution in [0, 0.1) is 0 Å². The van der Waals surface area contributed by atoms with E-state index in [0.29, 0.717) is 32.9 Å². The smallest absolute Gasteiger partial charge is 0.410 e. The molecule has 0 bridgehead atoms. The highest BCUT2D eigenvalue weighted by Crippen LogP contribution is 2.21. The van der Waals surface area contributed by atoms with E-state index in [1.165, 1.54) is 0 Å². The molecule has 0 spiro atoms. The summed E-state index contributed by atoms with van der Waals surface area (Å²) in [7, 11) is 1.63. The number of carbonyl (C=O) groups is 1. The number of nitrogens with zero attached hydrogens (tertiary/aromatic N) is 1. The van der Waals surface area contributed by atoms with Gasteiger partial charge in [0.1, 0.15) is 11.2 Å². The van der Waals surface area contributed by atoms with E-state index in [0.717, 1.165) is 5.56 Å². The molecule has 0 unspecified atom stereocenters. The van der Waals surface area contributed by atoms with Gasteiger partial charge >= 0.3 is 6.09 Å². The van der Waals surface area contributed by atoms with Gasteiger partial charge in [-0.1, -0.05) is 30.3 Å². The van der Waals surface area contributed by atoms with E-state index >= 15 is 0 Å². The minimum atomic E-state index is -0.578. The number of ether oxygens (including phenoxy) is 4. The van der Waals surface area contributed by atoms with Crippen molar-refractivity contribution < 1.29 is 23.7 Å². The van der Waals surface area contributed by atoms with Crippen molar-refractivity contribution in [3.63, 3.8) is 0 Å². The van der Waals surface area contributed by atoms with Crippen molar-refractivity contribution in [1.29, 1.82) is 0 Å². The molecular weight excluding hydrogens is 334 g/mol. The average Bonchev–Trinajstić information content (AvgIpc) is 2.75. The third-order valence-electron chi connectivity index (χ3n) is 4.13. The molecule has 2 atom stereocenters. The lowest BCUT2D eigenvalue weighted by atomic mass is 10.1. The molecule has 0 aromatic heterocycles. The molecule has 1 fully saturated rings. The van der Waals surface area contributed by atoms with Gasteiger partial charge in [-0.15, -0.1) is 0 Å². The first kappa shape index (κ1) is 20.7. The molecule has 1 amide bonds. The predicted molar refractivity (Wildman–Crippen MR) is 99.1 cm³/mol. The number of hydrogen-bond donors (Lipinski definition) is 0. The maximum atomic E-state index is 12.6. The minimum Gasteiger partial charge on any atom is -0.444 e. The zero-order valence-electron chi connectivity index (χ0n) is 16.5. The van der Waals surface area contributed by atoms with Crippen molar-refractivity contribution in [2.75, 3.05) is 33.4 Å². The van der Waals surface area contributed by atoms with Crippen LogP contribution in [-0.4, -0.2) is 61.7 Å². The first-order valence-corrected chi connectivity index (χ1v) is 8.97. The van der Waals surface area contributed by atoms with Crippen molar-refractivity contribution in [2.24, 2.45) is 0 Å². The van der Waals surface area contributed by atoms with Crippen molar-refractivity contribution in [3.05, 3.63) is 35.9 Å². The maximum absolute atomic E-state index is 12.6. The monoisotopic (exact) mass is 365 g/mol. The third-order valence-corrected chi connectivity index (χ3v) is 4.13. The second kappa shape index (κ2) is 8.84. The van der Waals surface area contributed by atoms with Gasteiger partial charge in [-0.2, -0.15) is 0 Å². The standard InChI is InChI=1S/C20H31NO5/c1-19(2,3)26-18(22)21-11-17(25-15-20(4,14-21)23-5)13-24-12-16-9-7-6-8-10-16/h6-10,17H,11-15H2,1-5H3/t17-,20+/m0/s1. The summed E-state index contributed by atoms with van der Waals surface area (Å²) >= 11 is 0. The van der Waals surface area contributed by atoms with Crippen LogP contribution in [0.3, 0.4) is 0 Å². The van der Waals surface area contributed by atoms with Gasteiger partial charge in [0, 0.05) is 7.11 Å². The van der Waals surface area contributed by atoms with Crippen LogP contribution in [0.5, 0.6) is 0 Å². The van der Waals surface area contributed by atoms with Gasteiger partial charge in [-0.3, -0.25) is 0 Å². The molecule has 0 radical (unpaired) electrons. The van der Waals surface area contributed by atoms with Crippen LogP contribution in [0.2, 0.25) is 0 Å². The Morgan fingerprint density at radius 3 is 2.62 bits per heavy atom. The van der Waals surface area contributed by atoms with E-state index in [-0.39, 0.29) is 12.2 Å². The fourth-order valence-electron chi connectivity index (χ4n) is 2.68. The highest BCUT2D eigenvalue weighted by Gasteiger charge is 2.37. The van der Waals surface area contributed by atoms with Crippen molar-refractivity contribution in [2.45, 2.75) is 51.6 Å². The lowest BCUT2D eigenvalue weighted by Gasteiger charge is -2.32. The minimum absolute atomic E-state index is 0.233. The van der Waals surface area contributed by atoms with Crippen molar-refractivity contribution >= 4 is 6.09 Å². The van der Waals surface area contributed by atoms with Crippen LogP contribution < -0.4 is 0 Å². The summed E-state index contributed by atoms with van der Waals surface area (Å²) in [6, 6.07) is 9.97. The number of benzene rings is 1. The van der Waals surface area contributed by atoms with Crippen molar-refractivity contribution in [3.8, 4) is 0 Å². The molecule has 0 saturated carbocycles. The molecule has 1 aliphatic heterocycles. The first-order valence-electron chi connectivity index (χ1n) is 8.97. The topological polar surface area (TPSA) is 57.2 Å². The second-order valence-electron chi connectivity index (χ2n) is 7.95.